The minimum absolute atomic E-state index is 0.136. The molecule has 1 N–H and O–H groups in total. The lowest BCUT2D eigenvalue weighted by Gasteiger charge is -2.19. The lowest BCUT2D eigenvalue weighted by atomic mass is 10.2. The second kappa shape index (κ2) is 3.69. The zero-order chi connectivity index (χ0) is 9.97. The van der Waals surface area contributed by atoms with Crippen LogP contribution in [0.1, 0.15) is 0 Å². The van der Waals surface area contributed by atoms with Crippen LogP contribution in [0, 0.1) is 0 Å². The fourth-order valence-corrected chi connectivity index (χ4v) is 1.30. The molecule has 5 heteroatoms. The predicted octanol–water partition coefficient (Wildman–Crippen LogP) is 2.09. The first-order chi connectivity index (χ1) is 6.75. The van der Waals surface area contributed by atoms with Crippen molar-refractivity contribution in [1.29, 1.82) is 0 Å². The van der Waals surface area contributed by atoms with Crippen molar-refractivity contribution in [1.82, 2.24) is 0 Å². The molecule has 2 rings (SSSR count). The first kappa shape index (κ1) is 9.05. The Hall–Kier alpha value is -1.52. The van der Waals surface area contributed by atoms with E-state index >= 15 is 0 Å². The predicted molar refractivity (Wildman–Crippen MR) is 47.1 cm³/mol. The highest BCUT2D eigenvalue weighted by Crippen LogP contribution is 2.31. The third kappa shape index (κ3) is 1.86. The number of benzene rings is 1. The maximum absolute atomic E-state index is 11.9. The second-order valence-corrected chi connectivity index (χ2v) is 2.81. The van der Waals surface area contributed by atoms with Crippen LogP contribution >= 0.6 is 0 Å². The fraction of sp³-hybridized carbons (Fsp3) is 0.333. The van der Waals surface area contributed by atoms with Gasteiger partial charge in [0.25, 0.3) is 0 Å². The summed E-state index contributed by atoms with van der Waals surface area (Å²) in [6, 6.07) is 4.57. The lowest BCUT2D eigenvalue weighted by Crippen LogP contribution is -2.18. The average molecular weight is 201 g/mol. The van der Waals surface area contributed by atoms with Crippen molar-refractivity contribution in [2.45, 2.75) is 6.61 Å². The molecule has 0 aliphatic carbocycles. The molecular weight excluding hydrogens is 192 g/mol. The van der Waals surface area contributed by atoms with Gasteiger partial charge in [-0.3, -0.25) is 0 Å². The van der Waals surface area contributed by atoms with Crippen LogP contribution in [0.25, 0.3) is 0 Å². The summed E-state index contributed by atoms with van der Waals surface area (Å²) < 4.78 is 33.3. The number of hydrogen-bond donors (Lipinski definition) is 1. The van der Waals surface area contributed by atoms with Crippen molar-refractivity contribution in [2.24, 2.45) is 0 Å². The first-order valence-corrected chi connectivity index (χ1v) is 4.21. The number of hydrogen-bond acceptors (Lipinski definition) is 3. The molecule has 14 heavy (non-hydrogen) atoms. The Morgan fingerprint density at radius 1 is 1.43 bits per heavy atom. The summed E-state index contributed by atoms with van der Waals surface area (Å²) >= 11 is 0. The van der Waals surface area contributed by atoms with Gasteiger partial charge in [0.05, 0.1) is 5.69 Å². The summed E-state index contributed by atoms with van der Waals surface area (Å²) in [6.45, 7) is -1.54. The second-order valence-electron chi connectivity index (χ2n) is 2.81. The van der Waals surface area contributed by atoms with Gasteiger partial charge in [0.15, 0.2) is 0 Å². The van der Waals surface area contributed by atoms with E-state index in [9.17, 15) is 8.78 Å². The third-order valence-corrected chi connectivity index (χ3v) is 1.85. The van der Waals surface area contributed by atoms with Gasteiger partial charge in [-0.25, -0.2) is 0 Å². The van der Waals surface area contributed by atoms with E-state index in [4.69, 9.17) is 4.74 Å². The monoisotopic (exact) mass is 201 g/mol. The summed E-state index contributed by atoms with van der Waals surface area (Å²) in [6.07, 6.45) is 0. The zero-order valence-corrected chi connectivity index (χ0v) is 7.30. The van der Waals surface area contributed by atoms with E-state index in [-0.39, 0.29) is 5.75 Å². The van der Waals surface area contributed by atoms with E-state index in [0.29, 0.717) is 24.6 Å². The zero-order valence-electron chi connectivity index (χ0n) is 7.30. The highest BCUT2D eigenvalue weighted by molar-refractivity contribution is 5.60. The smallest absolute Gasteiger partial charge is 0.387 e. The molecule has 0 spiro atoms. The van der Waals surface area contributed by atoms with Crippen LogP contribution in [0.3, 0.4) is 0 Å². The van der Waals surface area contributed by atoms with Crippen LogP contribution in [0.4, 0.5) is 14.5 Å². The molecule has 0 fully saturated rings. The number of alkyl halides is 2. The molecular formula is C9H9F2NO2. The highest BCUT2D eigenvalue weighted by Gasteiger charge is 2.11. The molecule has 1 aliphatic rings. The van der Waals surface area contributed by atoms with Crippen LogP contribution in [-0.4, -0.2) is 19.8 Å². The Morgan fingerprint density at radius 3 is 3.07 bits per heavy atom. The minimum atomic E-state index is -2.79. The maximum atomic E-state index is 11.9. The van der Waals surface area contributed by atoms with Gasteiger partial charge in [-0.15, -0.1) is 0 Å². The van der Waals surface area contributed by atoms with Gasteiger partial charge >= 0.3 is 6.61 Å². The number of rotatable bonds is 2. The Kier molecular flexibility index (Phi) is 2.39. The summed E-state index contributed by atoms with van der Waals surface area (Å²) in [5.41, 5.74) is 0.689. The molecule has 76 valence electrons. The molecule has 0 unspecified atom stereocenters. The van der Waals surface area contributed by atoms with E-state index in [0.717, 1.165) is 0 Å². The molecule has 0 amide bonds. The highest BCUT2D eigenvalue weighted by atomic mass is 19.3. The molecule has 0 bridgehead atoms. The van der Waals surface area contributed by atoms with Crippen molar-refractivity contribution in [3.05, 3.63) is 18.2 Å². The topological polar surface area (TPSA) is 30.5 Å². The number of ether oxygens (including phenoxy) is 2. The SMILES string of the molecule is FC(F)Oc1ccc2c(c1)NCCO2. The van der Waals surface area contributed by atoms with Gasteiger partial charge in [-0.05, 0) is 12.1 Å². The van der Waals surface area contributed by atoms with Gasteiger partial charge in [0.1, 0.15) is 18.1 Å². The molecule has 1 heterocycles. The van der Waals surface area contributed by atoms with Gasteiger partial charge in [-0.2, -0.15) is 8.78 Å². The molecule has 0 atom stereocenters. The van der Waals surface area contributed by atoms with E-state index in [1.165, 1.54) is 12.1 Å². The quantitative estimate of drug-likeness (QED) is 0.794. The summed E-state index contributed by atoms with van der Waals surface area (Å²) in [5.74, 6) is 0.801. The van der Waals surface area contributed by atoms with E-state index in [2.05, 4.69) is 10.1 Å². The molecule has 0 saturated heterocycles. The van der Waals surface area contributed by atoms with Crippen LogP contribution in [0.2, 0.25) is 0 Å². The first-order valence-electron chi connectivity index (χ1n) is 4.21. The van der Waals surface area contributed by atoms with E-state index < -0.39 is 6.61 Å². The van der Waals surface area contributed by atoms with Crippen LogP contribution in [0.5, 0.6) is 11.5 Å². The van der Waals surface area contributed by atoms with Crippen molar-refractivity contribution in [3.63, 3.8) is 0 Å². The van der Waals surface area contributed by atoms with Crippen molar-refractivity contribution in [2.75, 3.05) is 18.5 Å². The van der Waals surface area contributed by atoms with Crippen LogP contribution in [-0.2, 0) is 0 Å². The molecule has 0 aromatic heterocycles. The molecule has 1 aliphatic heterocycles. The number of nitrogens with one attached hydrogen (secondary N) is 1. The Morgan fingerprint density at radius 2 is 2.29 bits per heavy atom. The van der Waals surface area contributed by atoms with Crippen molar-refractivity contribution in [3.8, 4) is 11.5 Å². The normalized spacial score (nSPS) is 14.2. The Bertz CT molecular complexity index is 331. The number of fused-ring (bicyclic) bond motifs is 1. The molecule has 1 aromatic carbocycles. The van der Waals surface area contributed by atoms with Gasteiger partial charge in [-0.1, -0.05) is 0 Å². The molecule has 3 nitrogen and oxygen atoms in total. The van der Waals surface area contributed by atoms with Crippen molar-refractivity contribution < 1.29 is 18.3 Å². The van der Waals surface area contributed by atoms with Gasteiger partial charge in [0.2, 0.25) is 0 Å². The van der Waals surface area contributed by atoms with Crippen LogP contribution < -0.4 is 14.8 Å². The minimum Gasteiger partial charge on any atom is -0.490 e. The van der Waals surface area contributed by atoms with Crippen LogP contribution in [0.15, 0.2) is 18.2 Å². The molecule has 0 radical (unpaired) electrons. The van der Waals surface area contributed by atoms with E-state index in [1.54, 1.807) is 6.07 Å². The summed E-state index contributed by atoms with van der Waals surface area (Å²) in [7, 11) is 0. The Labute approximate surface area is 79.6 Å². The number of halogens is 2. The number of anilines is 1. The Balaban J connectivity index is 2.20. The lowest BCUT2D eigenvalue weighted by molar-refractivity contribution is -0.0498. The van der Waals surface area contributed by atoms with Crippen molar-refractivity contribution >= 4 is 5.69 Å². The summed E-state index contributed by atoms with van der Waals surface area (Å²) in [5, 5.41) is 3.03. The maximum Gasteiger partial charge on any atom is 0.387 e. The fourth-order valence-electron chi connectivity index (χ4n) is 1.30. The molecule has 0 saturated carbocycles. The van der Waals surface area contributed by atoms with Gasteiger partial charge < -0.3 is 14.8 Å². The largest absolute Gasteiger partial charge is 0.490 e. The third-order valence-electron chi connectivity index (χ3n) is 1.85. The van der Waals surface area contributed by atoms with E-state index in [1.807, 2.05) is 0 Å². The summed E-state index contributed by atoms with van der Waals surface area (Å²) in [4.78, 5) is 0. The average Bonchev–Trinajstić information content (AvgIpc) is 2.17. The van der Waals surface area contributed by atoms with Gasteiger partial charge in [0, 0.05) is 12.6 Å². The molecule has 1 aromatic rings. The standard InChI is InChI=1S/C9H9F2NO2/c10-9(11)14-6-1-2-8-7(5-6)12-3-4-13-8/h1-2,5,9,12H,3-4H2.